The number of likely N-dealkylation sites (tertiary alicyclic amines) is 1. The molecule has 3 rings (SSSR count). The average Bonchev–Trinajstić information content (AvgIpc) is 2.61. The molecule has 1 amide bonds. The number of carbonyl (C=O) groups is 1. The van der Waals surface area contributed by atoms with Crippen LogP contribution < -0.4 is 4.74 Å². The number of aliphatic hydroxyl groups excluding tert-OH is 2. The second-order valence-electron chi connectivity index (χ2n) is 6.70. The predicted octanol–water partition coefficient (Wildman–Crippen LogP) is 1.86. The maximum absolute atomic E-state index is 12.7. The molecule has 0 aromatic heterocycles. The smallest absolute Gasteiger partial charge is 0.253 e. The summed E-state index contributed by atoms with van der Waals surface area (Å²) in [5.74, 6) is 0.498. The highest BCUT2D eigenvalue weighted by atomic mass is 35.5. The topological polar surface area (TPSA) is 79.2 Å². The number of halogens is 1. The fraction of sp³-hybridized carbons (Fsp3) is 0.611. The third-order valence-corrected chi connectivity index (χ3v) is 5.32. The number of carbonyl (C=O) groups excluding carboxylic acids is 1. The van der Waals surface area contributed by atoms with Crippen LogP contribution in [-0.4, -0.2) is 65.1 Å². The van der Waals surface area contributed by atoms with Gasteiger partial charge in [0.15, 0.2) is 0 Å². The van der Waals surface area contributed by atoms with Crippen molar-refractivity contribution in [1.82, 2.24) is 4.90 Å². The first-order valence-corrected chi connectivity index (χ1v) is 9.03. The van der Waals surface area contributed by atoms with Crippen molar-refractivity contribution in [1.29, 1.82) is 0 Å². The van der Waals surface area contributed by atoms with Crippen LogP contribution in [-0.2, 0) is 4.74 Å². The lowest BCUT2D eigenvalue weighted by atomic mass is 9.82. The van der Waals surface area contributed by atoms with E-state index in [1.165, 1.54) is 0 Å². The third kappa shape index (κ3) is 3.92. The van der Waals surface area contributed by atoms with Crippen LogP contribution in [0.5, 0.6) is 5.75 Å². The molecule has 0 unspecified atom stereocenters. The molecule has 7 heteroatoms. The normalized spacial score (nSPS) is 25.8. The van der Waals surface area contributed by atoms with E-state index in [0.717, 1.165) is 0 Å². The number of amides is 1. The van der Waals surface area contributed by atoms with Crippen molar-refractivity contribution in [2.24, 2.45) is 0 Å². The number of aliphatic hydroxyl groups is 2. The van der Waals surface area contributed by atoms with E-state index in [1.807, 2.05) is 6.92 Å². The Labute approximate surface area is 152 Å². The molecule has 1 aromatic carbocycles. The van der Waals surface area contributed by atoms with E-state index >= 15 is 0 Å². The summed E-state index contributed by atoms with van der Waals surface area (Å²) in [6.45, 7) is 3.63. The Hall–Kier alpha value is -1.34. The number of hydrogen-bond acceptors (Lipinski definition) is 5. The zero-order valence-corrected chi connectivity index (χ0v) is 15.0. The average molecular weight is 370 g/mol. The molecule has 0 saturated carbocycles. The standard InChI is InChI=1S/C18H24ClNO5/c1-2-24-16-4-3-12(9-13(16)19)17(23)20-7-5-18(6-8-20)10-14(21)15(22)11-25-18/h3-4,9,14-15,21-22H,2,5-8,10-11H2,1H3/t14-,15+/m1/s1. The Balaban J connectivity index is 1.63. The molecular weight excluding hydrogens is 346 g/mol. The summed E-state index contributed by atoms with van der Waals surface area (Å²) < 4.78 is 11.2. The Morgan fingerprint density at radius 2 is 2.08 bits per heavy atom. The Morgan fingerprint density at radius 3 is 2.68 bits per heavy atom. The highest BCUT2D eigenvalue weighted by Crippen LogP contribution is 2.36. The van der Waals surface area contributed by atoms with Gasteiger partial charge in [0, 0.05) is 25.1 Å². The van der Waals surface area contributed by atoms with Crippen molar-refractivity contribution < 1.29 is 24.5 Å². The SMILES string of the molecule is CCOc1ccc(C(=O)N2CCC3(CC2)C[C@@H](O)[C@@H](O)CO3)cc1Cl. The van der Waals surface area contributed by atoms with Crippen LogP contribution in [0.3, 0.4) is 0 Å². The number of hydrogen-bond donors (Lipinski definition) is 2. The van der Waals surface area contributed by atoms with Crippen LogP contribution >= 0.6 is 11.6 Å². The van der Waals surface area contributed by atoms with E-state index in [4.69, 9.17) is 21.1 Å². The fourth-order valence-electron chi connectivity index (χ4n) is 3.50. The molecule has 2 aliphatic heterocycles. The molecule has 0 radical (unpaired) electrons. The monoisotopic (exact) mass is 369 g/mol. The zero-order valence-electron chi connectivity index (χ0n) is 14.3. The molecule has 2 N–H and O–H groups in total. The van der Waals surface area contributed by atoms with Gasteiger partial charge in [-0.25, -0.2) is 0 Å². The lowest BCUT2D eigenvalue weighted by molar-refractivity contribution is -0.185. The summed E-state index contributed by atoms with van der Waals surface area (Å²) in [4.78, 5) is 14.5. The van der Waals surface area contributed by atoms with Gasteiger partial charge in [-0.15, -0.1) is 0 Å². The lowest BCUT2D eigenvalue weighted by Gasteiger charge is -2.46. The minimum absolute atomic E-state index is 0.0730. The van der Waals surface area contributed by atoms with Gasteiger partial charge in [-0.05, 0) is 38.0 Å². The molecule has 2 heterocycles. The molecule has 138 valence electrons. The Bertz CT molecular complexity index is 630. The summed E-state index contributed by atoms with van der Waals surface area (Å²) in [6, 6.07) is 5.07. The van der Waals surface area contributed by atoms with E-state index in [-0.39, 0.29) is 12.5 Å². The summed E-state index contributed by atoms with van der Waals surface area (Å²) in [6.07, 6.45) is 0.114. The molecule has 0 aliphatic carbocycles. The lowest BCUT2D eigenvalue weighted by Crippen LogP contribution is -2.55. The maximum atomic E-state index is 12.7. The van der Waals surface area contributed by atoms with E-state index in [2.05, 4.69) is 0 Å². The zero-order chi connectivity index (χ0) is 18.0. The van der Waals surface area contributed by atoms with Gasteiger partial charge < -0.3 is 24.6 Å². The molecule has 2 aliphatic rings. The van der Waals surface area contributed by atoms with Crippen LogP contribution in [0.25, 0.3) is 0 Å². The van der Waals surface area contributed by atoms with Gasteiger partial charge in [0.05, 0.1) is 29.9 Å². The summed E-state index contributed by atoms with van der Waals surface area (Å²) in [5.41, 5.74) is 0.0933. The van der Waals surface area contributed by atoms with Crippen LogP contribution in [0.15, 0.2) is 18.2 Å². The summed E-state index contributed by atoms with van der Waals surface area (Å²) in [7, 11) is 0. The molecule has 2 atom stereocenters. The Morgan fingerprint density at radius 1 is 1.36 bits per heavy atom. The third-order valence-electron chi connectivity index (χ3n) is 5.03. The van der Waals surface area contributed by atoms with Crippen molar-refractivity contribution in [2.45, 2.75) is 44.0 Å². The first-order valence-electron chi connectivity index (χ1n) is 8.66. The van der Waals surface area contributed by atoms with E-state index in [9.17, 15) is 15.0 Å². The molecule has 2 fully saturated rings. The van der Waals surface area contributed by atoms with Gasteiger partial charge in [-0.2, -0.15) is 0 Å². The molecular formula is C18H24ClNO5. The van der Waals surface area contributed by atoms with Gasteiger partial charge in [-0.1, -0.05) is 11.6 Å². The first-order chi connectivity index (χ1) is 11.9. The number of benzene rings is 1. The second kappa shape index (κ2) is 7.50. The second-order valence-corrected chi connectivity index (χ2v) is 7.11. The highest BCUT2D eigenvalue weighted by molar-refractivity contribution is 6.32. The molecule has 1 aromatic rings. The van der Waals surface area contributed by atoms with Crippen molar-refractivity contribution in [3.8, 4) is 5.75 Å². The first kappa shape index (κ1) is 18.5. The van der Waals surface area contributed by atoms with Crippen molar-refractivity contribution in [2.75, 3.05) is 26.3 Å². The van der Waals surface area contributed by atoms with Gasteiger partial charge in [0.2, 0.25) is 0 Å². The summed E-state index contributed by atoms with van der Waals surface area (Å²) in [5, 5.41) is 19.9. The predicted molar refractivity (Wildman–Crippen MR) is 93.1 cm³/mol. The quantitative estimate of drug-likeness (QED) is 0.850. The van der Waals surface area contributed by atoms with Gasteiger partial charge in [0.25, 0.3) is 5.91 Å². The molecule has 1 spiro atoms. The molecule has 25 heavy (non-hydrogen) atoms. The van der Waals surface area contributed by atoms with Gasteiger partial charge in [0.1, 0.15) is 11.9 Å². The fourth-order valence-corrected chi connectivity index (χ4v) is 3.74. The van der Waals surface area contributed by atoms with Crippen LogP contribution in [0.2, 0.25) is 5.02 Å². The van der Waals surface area contributed by atoms with Crippen LogP contribution in [0, 0.1) is 0 Å². The number of ether oxygens (including phenoxy) is 2. The van der Waals surface area contributed by atoms with Crippen LogP contribution in [0.4, 0.5) is 0 Å². The molecule has 0 bridgehead atoms. The summed E-state index contributed by atoms with van der Waals surface area (Å²) >= 11 is 6.17. The number of rotatable bonds is 3. The van der Waals surface area contributed by atoms with Gasteiger partial charge >= 0.3 is 0 Å². The minimum Gasteiger partial charge on any atom is -0.492 e. The minimum atomic E-state index is -0.823. The number of piperidine rings is 1. The molecule has 2 saturated heterocycles. The van der Waals surface area contributed by atoms with Gasteiger partial charge in [-0.3, -0.25) is 4.79 Å². The van der Waals surface area contributed by atoms with Crippen molar-refractivity contribution >= 4 is 17.5 Å². The van der Waals surface area contributed by atoms with E-state index in [1.54, 1.807) is 23.1 Å². The maximum Gasteiger partial charge on any atom is 0.253 e. The van der Waals surface area contributed by atoms with E-state index < -0.39 is 17.8 Å². The largest absolute Gasteiger partial charge is 0.492 e. The van der Waals surface area contributed by atoms with Crippen LogP contribution in [0.1, 0.15) is 36.5 Å². The molecule has 6 nitrogen and oxygen atoms in total. The van der Waals surface area contributed by atoms with Crippen molar-refractivity contribution in [3.63, 3.8) is 0 Å². The van der Waals surface area contributed by atoms with Crippen molar-refractivity contribution in [3.05, 3.63) is 28.8 Å². The number of nitrogens with zero attached hydrogens (tertiary/aromatic N) is 1. The van der Waals surface area contributed by atoms with E-state index in [0.29, 0.717) is 55.3 Å². The Kier molecular flexibility index (Phi) is 5.53. The highest BCUT2D eigenvalue weighted by Gasteiger charge is 2.43.